The Hall–Kier alpha value is -3.18. The van der Waals surface area contributed by atoms with Crippen molar-refractivity contribution < 1.29 is 0 Å². The SMILES string of the molecule is Cn1ccnc1CN1CCc2[nH]nc(-c3ccc(-c4ccccc4)cc3)c2C1. The van der Waals surface area contributed by atoms with Crippen molar-refractivity contribution >= 4 is 0 Å². The van der Waals surface area contributed by atoms with Gasteiger partial charge in [0, 0.05) is 55.8 Å². The minimum absolute atomic E-state index is 0.862. The van der Waals surface area contributed by atoms with E-state index in [2.05, 4.69) is 80.2 Å². The number of nitrogens with zero attached hydrogens (tertiary/aromatic N) is 4. The normalized spacial score (nSPS) is 14.2. The van der Waals surface area contributed by atoms with Gasteiger partial charge in [0.15, 0.2) is 0 Å². The molecule has 3 heterocycles. The lowest BCUT2D eigenvalue weighted by Gasteiger charge is -2.26. The van der Waals surface area contributed by atoms with E-state index in [9.17, 15) is 0 Å². The van der Waals surface area contributed by atoms with Gasteiger partial charge in [0.2, 0.25) is 0 Å². The molecule has 0 saturated heterocycles. The Balaban J connectivity index is 1.39. The van der Waals surface area contributed by atoms with Crippen molar-refractivity contribution in [3.05, 3.63) is 84.1 Å². The van der Waals surface area contributed by atoms with Gasteiger partial charge in [0.1, 0.15) is 5.82 Å². The van der Waals surface area contributed by atoms with Gasteiger partial charge in [-0.1, -0.05) is 54.6 Å². The number of rotatable bonds is 4. The minimum Gasteiger partial charge on any atom is -0.337 e. The zero-order valence-corrected chi connectivity index (χ0v) is 16.0. The Kier molecular flexibility index (Phi) is 4.29. The van der Waals surface area contributed by atoms with Crippen molar-refractivity contribution in [3.63, 3.8) is 0 Å². The molecule has 0 radical (unpaired) electrons. The van der Waals surface area contributed by atoms with E-state index in [1.807, 2.05) is 18.5 Å². The number of hydrogen-bond acceptors (Lipinski definition) is 3. The van der Waals surface area contributed by atoms with Crippen LogP contribution >= 0.6 is 0 Å². The van der Waals surface area contributed by atoms with Crippen LogP contribution in [0.5, 0.6) is 0 Å². The number of aryl methyl sites for hydroxylation is 1. The Morgan fingerprint density at radius 1 is 0.964 bits per heavy atom. The van der Waals surface area contributed by atoms with Crippen molar-refractivity contribution in [1.82, 2.24) is 24.6 Å². The highest BCUT2D eigenvalue weighted by Crippen LogP contribution is 2.30. The zero-order valence-electron chi connectivity index (χ0n) is 16.0. The minimum atomic E-state index is 0.862. The number of benzene rings is 2. The van der Waals surface area contributed by atoms with Crippen LogP contribution in [0.3, 0.4) is 0 Å². The third-order valence-electron chi connectivity index (χ3n) is 5.56. The van der Waals surface area contributed by atoms with Gasteiger partial charge in [-0.3, -0.25) is 10.00 Å². The van der Waals surface area contributed by atoms with Crippen LogP contribution in [0.1, 0.15) is 17.1 Å². The molecule has 0 unspecified atom stereocenters. The van der Waals surface area contributed by atoms with Crippen LogP contribution in [0.2, 0.25) is 0 Å². The Morgan fingerprint density at radius 3 is 2.46 bits per heavy atom. The van der Waals surface area contributed by atoms with Gasteiger partial charge in [-0.05, 0) is 11.1 Å². The lowest BCUT2D eigenvalue weighted by atomic mass is 9.98. The van der Waals surface area contributed by atoms with Gasteiger partial charge in [0.05, 0.1) is 12.2 Å². The van der Waals surface area contributed by atoms with Crippen LogP contribution in [0, 0.1) is 0 Å². The van der Waals surface area contributed by atoms with Gasteiger partial charge in [-0.2, -0.15) is 5.10 Å². The molecule has 0 amide bonds. The molecule has 140 valence electrons. The number of hydrogen-bond donors (Lipinski definition) is 1. The van der Waals surface area contributed by atoms with E-state index in [1.165, 1.54) is 22.4 Å². The molecule has 0 bridgehead atoms. The fourth-order valence-electron chi connectivity index (χ4n) is 3.92. The van der Waals surface area contributed by atoms with Crippen LogP contribution < -0.4 is 0 Å². The van der Waals surface area contributed by atoms with Gasteiger partial charge < -0.3 is 4.57 Å². The van der Waals surface area contributed by atoms with E-state index in [4.69, 9.17) is 0 Å². The lowest BCUT2D eigenvalue weighted by Crippen LogP contribution is -2.31. The largest absolute Gasteiger partial charge is 0.337 e. The van der Waals surface area contributed by atoms with Gasteiger partial charge in [-0.15, -0.1) is 0 Å². The summed E-state index contributed by atoms with van der Waals surface area (Å²) in [6.07, 6.45) is 4.86. The highest BCUT2D eigenvalue weighted by Gasteiger charge is 2.23. The third kappa shape index (κ3) is 3.14. The van der Waals surface area contributed by atoms with E-state index >= 15 is 0 Å². The van der Waals surface area contributed by atoms with Gasteiger partial charge in [-0.25, -0.2) is 4.98 Å². The number of H-pyrrole nitrogens is 1. The summed E-state index contributed by atoms with van der Waals surface area (Å²) in [4.78, 5) is 6.92. The second-order valence-electron chi connectivity index (χ2n) is 7.39. The average molecular weight is 369 g/mol. The number of imidazole rings is 1. The zero-order chi connectivity index (χ0) is 18.9. The first-order valence-corrected chi connectivity index (χ1v) is 9.68. The molecule has 0 fully saturated rings. The van der Waals surface area contributed by atoms with Crippen molar-refractivity contribution in [2.24, 2.45) is 7.05 Å². The fourth-order valence-corrected chi connectivity index (χ4v) is 3.92. The second-order valence-corrected chi connectivity index (χ2v) is 7.39. The summed E-state index contributed by atoms with van der Waals surface area (Å²) in [6.45, 7) is 2.78. The Bertz CT molecular complexity index is 1080. The molecule has 0 saturated carbocycles. The predicted molar refractivity (Wildman–Crippen MR) is 110 cm³/mol. The molecule has 28 heavy (non-hydrogen) atoms. The molecule has 5 nitrogen and oxygen atoms in total. The summed E-state index contributed by atoms with van der Waals surface area (Å²) in [6, 6.07) is 19.2. The van der Waals surface area contributed by atoms with Crippen molar-refractivity contribution in [2.45, 2.75) is 19.5 Å². The summed E-state index contributed by atoms with van der Waals surface area (Å²) in [5.41, 5.74) is 7.27. The molecular weight excluding hydrogens is 346 g/mol. The summed E-state index contributed by atoms with van der Waals surface area (Å²) in [5, 5.41) is 7.91. The summed E-state index contributed by atoms with van der Waals surface area (Å²) in [7, 11) is 2.05. The molecule has 2 aromatic heterocycles. The predicted octanol–water partition coefficient (Wildman–Crippen LogP) is 4.04. The quantitative estimate of drug-likeness (QED) is 0.591. The van der Waals surface area contributed by atoms with Crippen molar-refractivity contribution in [2.75, 3.05) is 6.54 Å². The highest BCUT2D eigenvalue weighted by molar-refractivity contribution is 5.70. The van der Waals surface area contributed by atoms with Crippen LogP contribution in [-0.4, -0.2) is 31.2 Å². The monoisotopic (exact) mass is 369 g/mol. The molecule has 1 N–H and O–H groups in total. The van der Waals surface area contributed by atoms with Crippen LogP contribution in [0.15, 0.2) is 67.0 Å². The number of fused-ring (bicyclic) bond motifs is 1. The highest BCUT2D eigenvalue weighted by atomic mass is 15.2. The standard InChI is InChI=1S/C23H23N5/c1-27-14-12-24-22(27)16-28-13-11-21-20(15-28)23(26-25-21)19-9-7-18(8-10-19)17-5-3-2-4-6-17/h2-10,12,14H,11,13,15-16H2,1H3,(H,25,26). The maximum absolute atomic E-state index is 4.65. The number of aromatic nitrogens is 4. The van der Waals surface area contributed by atoms with Gasteiger partial charge in [0.25, 0.3) is 0 Å². The smallest absolute Gasteiger partial charge is 0.122 e. The van der Waals surface area contributed by atoms with E-state index in [0.29, 0.717) is 0 Å². The summed E-state index contributed by atoms with van der Waals surface area (Å²) in [5.74, 6) is 1.10. The molecule has 4 aromatic rings. The van der Waals surface area contributed by atoms with Crippen molar-refractivity contribution in [1.29, 1.82) is 0 Å². The summed E-state index contributed by atoms with van der Waals surface area (Å²) >= 11 is 0. The topological polar surface area (TPSA) is 49.7 Å². The first kappa shape index (κ1) is 17.0. The van der Waals surface area contributed by atoms with E-state index in [0.717, 1.165) is 43.1 Å². The van der Waals surface area contributed by atoms with E-state index < -0.39 is 0 Å². The average Bonchev–Trinajstić information content (AvgIpc) is 3.35. The van der Waals surface area contributed by atoms with E-state index in [-0.39, 0.29) is 0 Å². The van der Waals surface area contributed by atoms with E-state index in [1.54, 1.807) is 0 Å². The molecule has 0 spiro atoms. The molecule has 1 aliphatic rings. The number of aromatic amines is 1. The van der Waals surface area contributed by atoms with Crippen LogP contribution in [0.25, 0.3) is 22.4 Å². The first-order chi connectivity index (χ1) is 13.8. The van der Waals surface area contributed by atoms with Gasteiger partial charge >= 0.3 is 0 Å². The molecule has 1 aliphatic heterocycles. The Morgan fingerprint density at radius 2 is 1.71 bits per heavy atom. The molecular formula is C23H23N5. The molecule has 2 aromatic carbocycles. The molecule has 5 heteroatoms. The second kappa shape index (κ2) is 7.09. The van der Waals surface area contributed by atoms with Crippen LogP contribution in [0.4, 0.5) is 0 Å². The number of nitrogens with one attached hydrogen (secondary N) is 1. The first-order valence-electron chi connectivity index (χ1n) is 9.68. The fraction of sp³-hybridized carbons (Fsp3) is 0.217. The van der Waals surface area contributed by atoms with Crippen molar-refractivity contribution in [3.8, 4) is 22.4 Å². The maximum Gasteiger partial charge on any atom is 0.122 e. The molecule has 5 rings (SSSR count). The Labute approximate surface area is 164 Å². The third-order valence-corrected chi connectivity index (χ3v) is 5.56. The lowest BCUT2D eigenvalue weighted by molar-refractivity contribution is 0.237. The maximum atomic E-state index is 4.65. The van der Waals surface area contributed by atoms with Crippen LogP contribution in [-0.2, 0) is 26.6 Å². The molecule has 0 atom stereocenters. The summed E-state index contributed by atoms with van der Waals surface area (Å²) < 4.78 is 2.09. The molecule has 0 aliphatic carbocycles.